The number of hydrogen-bond donors (Lipinski definition) is 1. The van der Waals surface area contributed by atoms with Gasteiger partial charge in [-0.3, -0.25) is 4.98 Å². The standard InChI is InChI=1S/C15H24N2O2/c1-15(2,3)17-10-12-4-7-16-11-14(12)19-13-5-8-18-9-6-13/h4,7,11,13,17H,5-6,8-10H2,1-3H3. The van der Waals surface area contributed by atoms with Gasteiger partial charge in [-0.25, -0.2) is 0 Å². The van der Waals surface area contributed by atoms with E-state index < -0.39 is 0 Å². The SMILES string of the molecule is CC(C)(C)NCc1ccncc1OC1CCOCC1. The van der Waals surface area contributed by atoms with Gasteiger partial charge in [-0.2, -0.15) is 0 Å². The van der Waals surface area contributed by atoms with Crippen LogP contribution in [0.5, 0.6) is 5.75 Å². The van der Waals surface area contributed by atoms with Gasteiger partial charge in [0.25, 0.3) is 0 Å². The number of rotatable bonds is 4. The number of aromatic nitrogens is 1. The Labute approximate surface area is 115 Å². The van der Waals surface area contributed by atoms with E-state index in [0.717, 1.165) is 43.9 Å². The van der Waals surface area contributed by atoms with Gasteiger partial charge in [-0.1, -0.05) is 0 Å². The van der Waals surface area contributed by atoms with E-state index in [4.69, 9.17) is 9.47 Å². The second kappa shape index (κ2) is 6.35. The highest BCUT2D eigenvalue weighted by Gasteiger charge is 2.17. The molecule has 106 valence electrons. The monoisotopic (exact) mass is 264 g/mol. The summed E-state index contributed by atoms with van der Waals surface area (Å²) in [6.07, 6.45) is 5.81. The zero-order valence-electron chi connectivity index (χ0n) is 12.1. The number of hydrogen-bond acceptors (Lipinski definition) is 4. The fourth-order valence-electron chi connectivity index (χ4n) is 1.99. The minimum absolute atomic E-state index is 0.0964. The third kappa shape index (κ3) is 4.80. The first-order valence-electron chi connectivity index (χ1n) is 6.97. The topological polar surface area (TPSA) is 43.4 Å². The minimum atomic E-state index is 0.0964. The van der Waals surface area contributed by atoms with Crippen molar-refractivity contribution < 1.29 is 9.47 Å². The van der Waals surface area contributed by atoms with Gasteiger partial charge in [0.2, 0.25) is 0 Å². The first kappa shape index (κ1) is 14.3. The van der Waals surface area contributed by atoms with Crippen LogP contribution in [-0.2, 0) is 11.3 Å². The largest absolute Gasteiger partial charge is 0.488 e. The first-order valence-corrected chi connectivity index (χ1v) is 6.97. The van der Waals surface area contributed by atoms with Crippen LogP contribution < -0.4 is 10.1 Å². The van der Waals surface area contributed by atoms with Crippen LogP contribution in [0.4, 0.5) is 0 Å². The van der Waals surface area contributed by atoms with Crippen LogP contribution in [0.2, 0.25) is 0 Å². The number of nitrogens with one attached hydrogen (secondary N) is 1. The molecule has 1 N–H and O–H groups in total. The van der Waals surface area contributed by atoms with Gasteiger partial charge in [0, 0.05) is 36.7 Å². The molecule has 2 heterocycles. The maximum Gasteiger partial charge on any atom is 0.142 e. The van der Waals surface area contributed by atoms with Crippen LogP contribution in [0.15, 0.2) is 18.5 Å². The Morgan fingerprint density at radius 2 is 2.11 bits per heavy atom. The van der Waals surface area contributed by atoms with Crippen LogP contribution in [0.3, 0.4) is 0 Å². The summed E-state index contributed by atoms with van der Waals surface area (Å²) in [5.41, 5.74) is 1.26. The van der Waals surface area contributed by atoms with Gasteiger partial charge in [0.15, 0.2) is 0 Å². The molecule has 1 aromatic heterocycles. The lowest BCUT2D eigenvalue weighted by Crippen LogP contribution is -2.35. The predicted octanol–water partition coefficient (Wildman–Crippen LogP) is 2.53. The minimum Gasteiger partial charge on any atom is -0.488 e. The van der Waals surface area contributed by atoms with Gasteiger partial charge >= 0.3 is 0 Å². The van der Waals surface area contributed by atoms with Crippen molar-refractivity contribution >= 4 is 0 Å². The molecule has 4 heteroatoms. The summed E-state index contributed by atoms with van der Waals surface area (Å²) in [5, 5.41) is 3.48. The second-order valence-corrected chi connectivity index (χ2v) is 6.02. The molecule has 0 radical (unpaired) electrons. The maximum absolute atomic E-state index is 6.07. The molecule has 0 aromatic carbocycles. The lowest BCUT2D eigenvalue weighted by molar-refractivity contribution is 0.0250. The van der Waals surface area contributed by atoms with E-state index in [2.05, 4.69) is 31.1 Å². The zero-order chi connectivity index (χ0) is 13.7. The molecule has 0 aliphatic carbocycles. The van der Waals surface area contributed by atoms with Gasteiger partial charge in [-0.05, 0) is 26.8 Å². The third-order valence-electron chi connectivity index (χ3n) is 3.14. The van der Waals surface area contributed by atoms with Crippen molar-refractivity contribution in [2.75, 3.05) is 13.2 Å². The van der Waals surface area contributed by atoms with Crippen molar-refractivity contribution in [3.63, 3.8) is 0 Å². The second-order valence-electron chi connectivity index (χ2n) is 6.02. The van der Waals surface area contributed by atoms with Gasteiger partial charge in [0.1, 0.15) is 11.9 Å². The Morgan fingerprint density at radius 1 is 1.37 bits per heavy atom. The summed E-state index contributed by atoms with van der Waals surface area (Å²) < 4.78 is 11.4. The molecular weight excluding hydrogens is 240 g/mol. The van der Waals surface area contributed by atoms with Gasteiger partial charge < -0.3 is 14.8 Å². The van der Waals surface area contributed by atoms with E-state index in [-0.39, 0.29) is 11.6 Å². The van der Waals surface area contributed by atoms with Crippen LogP contribution in [-0.4, -0.2) is 29.8 Å². The summed E-state index contributed by atoms with van der Waals surface area (Å²) in [6.45, 7) is 8.86. The summed E-state index contributed by atoms with van der Waals surface area (Å²) in [6, 6.07) is 2.02. The number of ether oxygens (including phenoxy) is 2. The molecule has 4 nitrogen and oxygen atoms in total. The van der Waals surface area contributed by atoms with Crippen molar-refractivity contribution in [3.8, 4) is 5.75 Å². The van der Waals surface area contributed by atoms with Crippen molar-refractivity contribution in [1.29, 1.82) is 0 Å². The third-order valence-corrected chi connectivity index (χ3v) is 3.14. The van der Waals surface area contributed by atoms with Crippen LogP contribution in [0.25, 0.3) is 0 Å². The van der Waals surface area contributed by atoms with E-state index in [9.17, 15) is 0 Å². The lowest BCUT2D eigenvalue weighted by atomic mass is 10.1. The fraction of sp³-hybridized carbons (Fsp3) is 0.667. The Kier molecular flexibility index (Phi) is 4.77. The molecule has 0 bridgehead atoms. The summed E-state index contributed by atoms with van der Waals surface area (Å²) in [4.78, 5) is 4.17. The molecule has 2 rings (SSSR count). The molecule has 0 amide bonds. The number of pyridine rings is 1. The Hall–Kier alpha value is -1.13. The molecule has 1 aliphatic heterocycles. The Bertz CT molecular complexity index is 395. The smallest absolute Gasteiger partial charge is 0.142 e. The molecule has 1 saturated heterocycles. The first-order chi connectivity index (χ1) is 9.04. The Balaban J connectivity index is 1.99. The van der Waals surface area contributed by atoms with Crippen LogP contribution in [0.1, 0.15) is 39.2 Å². The predicted molar refractivity (Wildman–Crippen MR) is 75.3 cm³/mol. The van der Waals surface area contributed by atoms with Crippen molar-refractivity contribution in [1.82, 2.24) is 10.3 Å². The van der Waals surface area contributed by atoms with E-state index in [1.54, 1.807) is 0 Å². The highest BCUT2D eigenvalue weighted by atomic mass is 16.5. The van der Waals surface area contributed by atoms with Crippen molar-refractivity contribution in [2.24, 2.45) is 0 Å². The molecule has 0 atom stereocenters. The van der Waals surface area contributed by atoms with Gasteiger partial charge in [-0.15, -0.1) is 0 Å². The molecule has 1 aromatic rings. The quantitative estimate of drug-likeness (QED) is 0.907. The van der Waals surface area contributed by atoms with E-state index >= 15 is 0 Å². The van der Waals surface area contributed by atoms with E-state index in [0.29, 0.717) is 0 Å². The molecule has 0 unspecified atom stereocenters. The fourth-order valence-corrected chi connectivity index (χ4v) is 1.99. The molecule has 1 aliphatic rings. The van der Waals surface area contributed by atoms with Gasteiger partial charge in [0.05, 0.1) is 19.4 Å². The highest BCUT2D eigenvalue weighted by Crippen LogP contribution is 2.22. The lowest BCUT2D eigenvalue weighted by Gasteiger charge is -2.25. The maximum atomic E-state index is 6.07. The molecule has 1 fully saturated rings. The zero-order valence-corrected chi connectivity index (χ0v) is 12.1. The number of nitrogens with zero attached hydrogens (tertiary/aromatic N) is 1. The molecule has 0 spiro atoms. The van der Waals surface area contributed by atoms with Crippen molar-refractivity contribution in [3.05, 3.63) is 24.0 Å². The average Bonchev–Trinajstić information content (AvgIpc) is 2.38. The molecule has 19 heavy (non-hydrogen) atoms. The highest BCUT2D eigenvalue weighted by molar-refractivity contribution is 5.30. The van der Waals surface area contributed by atoms with Crippen LogP contribution in [0, 0.1) is 0 Å². The van der Waals surface area contributed by atoms with E-state index in [1.807, 2.05) is 18.5 Å². The molecular formula is C15H24N2O2. The van der Waals surface area contributed by atoms with Crippen LogP contribution >= 0.6 is 0 Å². The van der Waals surface area contributed by atoms with E-state index in [1.165, 1.54) is 0 Å². The normalized spacial score (nSPS) is 17.4. The Morgan fingerprint density at radius 3 is 2.79 bits per heavy atom. The average molecular weight is 264 g/mol. The van der Waals surface area contributed by atoms with Crippen molar-refractivity contribution in [2.45, 2.75) is 51.8 Å². The summed E-state index contributed by atoms with van der Waals surface area (Å²) in [5.74, 6) is 0.895. The molecule has 0 saturated carbocycles. The summed E-state index contributed by atoms with van der Waals surface area (Å²) >= 11 is 0. The summed E-state index contributed by atoms with van der Waals surface area (Å²) in [7, 11) is 0.